The second-order valence-electron chi connectivity index (χ2n) is 14.1. The third kappa shape index (κ3) is 16.0. The molecule has 0 spiro atoms. The van der Waals surface area contributed by atoms with E-state index in [2.05, 4.69) is 26.6 Å². The fourth-order valence-corrected chi connectivity index (χ4v) is 5.84. The Kier molecular flexibility index (Phi) is 20.2. The van der Waals surface area contributed by atoms with Crippen LogP contribution in [-0.2, 0) is 52.7 Å². The number of aliphatic carboxylic acids is 3. The van der Waals surface area contributed by atoms with Gasteiger partial charge in [0, 0.05) is 26.3 Å². The van der Waals surface area contributed by atoms with Crippen LogP contribution in [-0.4, -0.2) is 135 Å². The summed E-state index contributed by atoms with van der Waals surface area (Å²) in [6, 6.07) is -7.83. The van der Waals surface area contributed by atoms with Gasteiger partial charge in [0.25, 0.3) is 5.91 Å². The number of amides is 7. The molecule has 9 N–H and O–H groups in total. The lowest BCUT2D eigenvalue weighted by atomic mass is 9.98. The Morgan fingerprint density at radius 1 is 0.643 bits per heavy atom. The molecule has 1 rings (SSSR count). The third-order valence-corrected chi connectivity index (χ3v) is 8.77. The molecule has 0 bridgehead atoms. The molecule has 56 heavy (non-hydrogen) atoms. The van der Waals surface area contributed by atoms with E-state index in [1.165, 1.54) is 4.90 Å². The second-order valence-corrected chi connectivity index (χ2v) is 14.1. The topological polar surface area (TPSA) is 324 Å². The van der Waals surface area contributed by atoms with Crippen molar-refractivity contribution in [1.82, 2.24) is 36.8 Å². The number of hydrogen-bond donors (Lipinski definition) is 9. The van der Waals surface area contributed by atoms with Gasteiger partial charge >= 0.3 is 17.9 Å². The van der Waals surface area contributed by atoms with E-state index in [4.69, 9.17) is 10.2 Å². The SMILES string of the molecule is CCCC(NC(=O)[C@@H]1CCCN1C(=O)C(NC(=O)C(NC(=O)C(CCC(=O)O)NC(=O)C(CCC(=O)O)NC(C)=O)C(C)C)C(C)C)C(=O)C(=O)NCC(=O)O. The molecule has 1 aliphatic heterocycles. The van der Waals surface area contributed by atoms with Crippen LogP contribution < -0.4 is 31.9 Å². The van der Waals surface area contributed by atoms with Gasteiger partial charge in [0.15, 0.2) is 0 Å². The maximum atomic E-state index is 14.0. The zero-order valence-corrected chi connectivity index (χ0v) is 32.5. The largest absolute Gasteiger partial charge is 0.481 e. The summed E-state index contributed by atoms with van der Waals surface area (Å²) in [5.41, 5.74) is 0. The first-order valence-electron chi connectivity index (χ1n) is 18.4. The average Bonchev–Trinajstić information content (AvgIpc) is 3.60. The number of carbonyl (C=O) groups is 11. The van der Waals surface area contributed by atoms with Crippen molar-refractivity contribution in [3.63, 3.8) is 0 Å². The highest BCUT2D eigenvalue weighted by Gasteiger charge is 2.41. The van der Waals surface area contributed by atoms with Gasteiger partial charge in [0.1, 0.15) is 36.8 Å². The van der Waals surface area contributed by atoms with Gasteiger partial charge in [0.2, 0.25) is 41.2 Å². The summed E-state index contributed by atoms with van der Waals surface area (Å²) in [4.78, 5) is 139. The predicted octanol–water partition coefficient (Wildman–Crippen LogP) is -1.97. The van der Waals surface area contributed by atoms with Crippen LogP contribution in [0.15, 0.2) is 0 Å². The van der Waals surface area contributed by atoms with E-state index >= 15 is 0 Å². The molecule has 1 aliphatic rings. The molecule has 6 atom stereocenters. The Hall–Kier alpha value is -5.63. The molecule has 0 saturated carbocycles. The second kappa shape index (κ2) is 23.3. The smallest absolute Gasteiger partial charge is 0.322 e. The summed E-state index contributed by atoms with van der Waals surface area (Å²) < 4.78 is 0. The van der Waals surface area contributed by atoms with Gasteiger partial charge in [-0.3, -0.25) is 52.7 Å². The van der Waals surface area contributed by atoms with Crippen LogP contribution in [0.3, 0.4) is 0 Å². The highest BCUT2D eigenvalue weighted by molar-refractivity contribution is 6.38. The first kappa shape index (κ1) is 48.4. The molecule has 0 aliphatic carbocycles. The van der Waals surface area contributed by atoms with Gasteiger partial charge in [-0.25, -0.2) is 0 Å². The first-order chi connectivity index (χ1) is 26.1. The number of Topliss-reactive ketones (excluding diaryl/α,β-unsaturated/α-hetero) is 1. The van der Waals surface area contributed by atoms with E-state index in [-0.39, 0.29) is 25.8 Å². The van der Waals surface area contributed by atoms with Crippen molar-refractivity contribution in [3.8, 4) is 0 Å². The molecule has 7 amide bonds. The highest BCUT2D eigenvalue weighted by atomic mass is 16.4. The Balaban J connectivity index is 3.22. The minimum atomic E-state index is -1.54. The molecule has 0 radical (unpaired) electrons. The average molecular weight is 798 g/mol. The molecule has 0 aromatic heterocycles. The van der Waals surface area contributed by atoms with Crippen LogP contribution in [0.25, 0.3) is 0 Å². The van der Waals surface area contributed by atoms with Gasteiger partial charge in [-0.15, -0.1) is 0 Å². The van der Waals surface area contributed by atoms with Crippen molar-refractivity contribution in [3.05, 3.63) is 0 Å². The standard InChI is InChI=1S/C35H55N7O14/c1-7-9-20(29(50)34(55)36-16-26(48)49)38-32(53)23-10-8-15-42(23)35(56)28(18(4)5)41-33(54)27(17(2)3)40-31(52)22(12-14-25(46)47)39-30(51)21(37-19(6)43)11-13-24(44)45/h17-18,20-23,27-28H,7-16H2,1-6H3,(H,36,55)(H,37,43)(H,38,53)(H,39,51)(H,40,52)(H,41,54)(H,44,45)(H,46,47)(H,48,49)/t20?,21?,22?,23-,27?,28?/m0/s1. The molecular weight excluding hydrogens is 742 g/mol. The number of hydrogen-bond acceptors (Lipinski definition) is 11. The first-order valence-corrected chi connectivity index (χ1v) is 18.4. The van der Waals surface area contributed by atoms with Crippen LogP contribution >= 0.6 is 0 Å². The fourth-order valence-electron chi connectivity index (χ4n) is 5.84. The zero-order valence-electron chi connectivity index (χ0n) is 32.5. The molecule has 21 heteroatoms. The van der Waals surface area contributed by atoms with E-state index < -0.39 is 139 Å². The summed E-state index contributed by atoms with van der Waals surface area (Å²) in [7, 11) is 0. The monoisotopic (exact) mass is 797 g/mol. The molecule has 0 aromatic carbocycles. The quantitative estimate of drug-likeness (QED) is 0.0479. The number of carbonyl (C=O) groups excluding carboxylic acids is 8. The molecule has 1 heterocycles. The molecule has 314 valence electrons. The van der Waals surface area contributed by atoms with Crippen molar-refractivity contribution in [2.24, 2.45) is 11.8 Å². The van der Waals surface area contributed by atoms with Crippen LogP contribution in [0.2, 0.25) is 0 Å². The van der Waals surface area contributed by atoms with E-state index in [0.29, 0.717) is 12.8 Å². The molecular formula is C35H55N7O14. The summed E-state index contributed by atoms with van der Waals surface area (Å²) in [5.74, 6) is -12.1. The normalized spacial score (nSPS) is 16.4. The molecule has 21 nitrogen and oxygen atoms in total. The zero-order chi connectivity index (χ0) is 42.9. The van der Waals surface area contributed by atoms with Gasteiger partial charge in [-0.05, 0) is 43.9 Å². The van der Waals surface area contributed by atoms with Gasteiger partial charge < -0.3 is 52.1 Å². The van der Waals surface area contributed by atoms with Crippen LogP contribution in [0, 0.1) is 11.8 Å². The predicted molar refractivity (Wildman–Crippen MR) is 194 cm³/mol. The molecule has 1 saturated heterocycles. The number of ketones is 1. The Morgan fingerprint density at radius 3 is 1.64 bits per heavy atom. The Labute approximate surface area is 323 Å². The van der Waals surface area contributed by atoms with E-state index in [9.17, 15) is 57.8 Å². The lowest BCUT2D eigenvalue weighted by molar-refractivity contribution is -0.145. The molecule has 1 fully saturated rings. The highest BCUT2D eigenvalue weighted by Crippen LogP contribution is 2.21. The number of nitrogens with one attached hydrogen (secondary N) is 6. The number of carboxylic acid groups (broad SMARTS) is 3. The summed E-state index contributed by atoms with van der Waals surface area (Å²) in [6.07, 6.45) is -0.846. The van der Waals surface area contributed by atoms with E-state index in [0.717, 1.165) is 6.92 Å². The number of likely N-dealkylation sites (tertiary alicyclic amines) is 1. The van der Waals surface area contributed by atoms with Crippen molar-refractivity contribution in [1.29, 1.82) is 0 Å². The number of nitrogens with zero attached hydrogens (tertiary/aromatic N) is 1. The lowest BCUT2D eigenvalue weighted by Crippen LogP contribution is -2.61. The molecule has 5 unspecified atom stereocenters. The van der Waals surface area contributed by atoms with Crippen molar-refractivity contribution >= 4 is 65.0 Å². The summed E-state index contributed by atoms with van der Waals surface area (Å²) in [5, 5.41) is 41.4. The minimum absolute atomic E-state index is 0.0557. The summed E-state index contributed by atoms with van der Waals surface area (Å²) in [6.45, 7) is 8.54. The van der Waals surface area contributed by atoms with E-state index in [1.54, 1.807) is 34.6 Å². The molecule has 0 aromatic rings. The number of carboxylic acids is 3. The van der Waals surface area contributed by atoms with Gasteiger partial charge in [-0.2, -0.15) is 0 Å². The van der Waals surface area contributed by atoms with Crippen LogP contribution in [0.5, 0.6) is 0 Å². The van der Waals surface area contributed by atoms with Crippen LogP contribution in [0.1, 0.15) is 92.9 Å². The number of rotatable bonds is 24. The fraction of sp³-hybridized carbons (Fsp3) is 0.686. The third-order valence-electron chi connectivity index (χ3n) is 8.77. The lowest BCUT2D eigenvalue weighted by Gasteiger charge is -2.33. The van der Waals surface area contributed by atoms with Gasteiger partial charge in [-0.1, -0.05) is 41.0 Å². The minimum Gasteiger partial charge on any atom is -0.481 e. The van der Waals surface area contributed by atoms with Crippen LogP contribution in [0.4, 0.5) is 0 Å². The Bertz CT molecular complexity index is 1500. The van der Waals surface area contributed by atoms with Gasteiger partial charge in [0.05, 0.1) is 6.04 Å². The maximum Gasteiger partial charge on any atom is 0.322 e. The van der Waals surface area contributed by atoms with E-state index in [1.807, 2.05) is 5.32 Å². The summed E-state index contributed by atoms with van der Waals surface area (Å²) >= 11 is 0. The van der Waals surface area contributed by atoms with Crippen molar-refractivity contribution < 1.29 is 68.1 Å². The Morgan fingerprint density at radius 2 is 1.16 bits per heavy atom. The van der Waals surface area contributed by atoms with Crippen molar-refractivity contribution in [2.45, 2.75) is 129 Å². The maximum absolute atomic E-state index is 14.0. The van der Waals surface area contributed by atoms with Crippen molar-refractivity contribution in [2.75, 3.05) is 13.1 Å².